The number of rotatable bonds is 3. The summed E-state index contributed by atoms with van der Waals surface area (Å²) in [5.74, 6) is 0.463. The largest absolute Gasteiger partial charge is 0.355 e. The van der Waals surface area contributed by atoms with E-state index < -0.39 is 0 Å². The molecule has 0 saturated carbocycles. The molecule has 0 spiro atoms. The van der Waals surface area contributed by atoms with Crippen LogP contribution in [0.15, 0.2) is 24.3 Å². The second kappa shape index (κ2) is 7.42. The SMILES string of the molecule is CC(=O)c1[nH]c(C)c(C(=O)N2C[C@@H]3CN(C(C)=O)[C@@H](c4ccccc4C)[C@@H]3C2)c1C. The zero-order chi connectivity index (χ0) is 21.7. The highest BCUT2D eigenvalue weighted by Gasteiger charge is 2.50. The number of benzene rings is 1. The Morgan fingerprint density at radius 3 is 2.30 bits per heavy atom. The average Bonchev–Trinajstić information content (AvgIpc) is 3.32. The summed E-state index contributed by atoms with van der Waals surface area (Å²) in [7, 11) is 0. The number of nitrogens with one attached hydrogen (secondary N) is 1. The van der Waals surface area contributed by atoms with Crippen molar-refractivity contribution in [1.29, 1.82) is 0 Å². The monoisotopic (exact) mass is 407 g/mol. The number of Topliss-reactive ketones (excluding diaryl/α,β-unsaturated/α-hetero) is 1. The number of hydrogen-bond donors (Lipinski definition) is 1. The summed E-state index contributed by atoms with van der Waals surface area (Å²) in [6.45, 7) is 10.8. The predicted molar refractivity (Wildman–Crippen MR) is 114 cm³/mol. The molecule has 30 heavy (non-hydrogen) atoms. The van der Waals surface area contributed by atoms with Gasteiger partial charge in [-0.2, -0.15) is 0 Å². The molecule has 0 aliphatic carbocycles. The number of fused-ring (bicyclic) bond motifs is 1. The average molecular weight is 408 g/mol. The Kier molecular flexibility index (Phi) is 5.04. The molecule has 1 aromatic carbocycles. The zero-order valence-electron chi connectivity index (χ0n) is 18.3. The van der Waals surface area contributed by atoms with Gasteiger partial charge in [-0.1, -0.05) is 24.3 Å². The smallest absolute Gasteiger partial charge is 0.255 e. The van der Waals surface area contributed by atoms with E-state index in [2.05, 4.69) is 24.0 Å². The molecule has 1 N–H and O–H groups in total. The predicted octanol–water partition coefficient (Wildman–Crippen LogP) is 3.43. The molecule has 4 rings (SSSR count). The first kappa shape index (κ1) is 20.4. The fourth-order valence-corrected chi connectivity index (χ4v) is 5.43. The van der Waals surface area contributed by atoms with Gasteiger partial charge < -0.3 is 14.8 Å². The lowest BCUT2D eigenvalue weighted by molar-refractivity contribution is -0.130. The van der Waals surface area contributed by atoms with Gasteiger partial charge in [0.2, 0.25) is 5.91 Å². The maximum Gasteiger partial charge on any atom is 0.255 e. The van der Waals surface area contributed by atoms with Crippen LogP contribution in [0, 0.1) is 32.6 Å². The molecule has 2 aliphatic rings. The lowest BCUT2D eigenvalue weighted by Gasteiger charge is -2.30. The Morgan fingerprint density at radius 1 is 1.00 bits per heavy atom. The molecule has 2 saturated heterocycles. The molecular formula is C24H29N3O3. The van der Waals surface area contributed by atoms with Crippen molar-refractivity contribution in [2.75, 3.05) is 19.6 Å². The fourth-order valence-electron chi connectivity index (χ4n) is 5.43. The van der Waals surface area contributed by atoms with E-state index in [0.29, 0.717) is 30.9 Å². The highest BCUT2D eigenvalue weighted by Crippen LogP contribution is 2.46. The van der Waals surface area contributed by atoms with Crippen molar-refractivity contribution < 1.29 is 14.4 Å². The number of H-pyrrole nitrogens is 1. The maximum absolute atomic E-state index is 13.4. The lowest BCUT2D eigenvalue weighted by Crippen LogP contribution is -2.37. The Balaban J connectivity index is 1.64. The zero-order valence-corrected chi connectivity index (χ0v) is 18.3. The first-order valence-corrected chi connectivity index (χ1v) is 10.5. The molecule has 0 bridgehead atoms. The molecule has 3 atom stereocenters. The van der Waals surface area contributed by atoms with Crippen LogP contribution in [0.3, 0.4) is 0 Å². The quantitative estimate of drug-likeness (QED) is 0.792. The van der Waals surface area contributed by atoms with E-state index in [1.807, 2.05) is 35.8 Å². The molecule has 2 fully saturated rings. The van der Waals surface area contributed by atoms with Crippen LogP contribution in [0.5, 0.6) is 0 Å². The third-order valence-corrected chi connectivity index (χ3v) is 6.87. The lowest BCUT2D eigenvalue weighted by atomic mass is 9.87. The van der Waals surface area contributed by atoms with Crippen molar-refractivity contribution in [3.8, 4) is 0 Å². The fraction of sp³-hybridized carbons (Fsp3) is 0.458. The molecule has 0 radical (unpaired) electrons. The van der Waals surface area contributed by atoms with Gasteiger partial charge in [-0.15, -0.1) is 0 Å². The second-order valence-corrected chi connectivity index (χ2v) is 8.79. The van der Waals surface area contributed by atoms with Crippen molar-refractivity contribution in [2.45, 2.75) is 40.7 Å². The molecule has 1 aromatic heterocycles. The van der Waals surface area contributed by atoms with Gasteiger partial charge >= 0.3 is 0 Å². The summed E-state index contributed by atoms with van der Waals surface area (Å²) < 4.78 is 0. The molecule has 3 heterocycles. The number of aromatic nitrogens is 1. The van der Waals surface area contributed by atoms with Gasteiger partial charge in [0, 0.05) is 51.0 Å². The number of nitrogens with zero attached hydrogens (tertiary/aromatic N) is 2. The number of aromatic amines is 1. The van der Waals surface area contributed by atoms with Crippen LogP contribution < -0.4 is 0 Å². The van der Waals surface area contributed by atoms with Gasteiger partial charge in [-0.25, -0.2) is 0 Å². The van der Waals surface area contributed by atoms with Crippen LogP contribution >= 0.6 is 0 Å². The second-order valence-electron chi connectivity index (χ2n) is 8.79. The standard InChI is InChI=1S/C24H29N3O3/c1-13-8-6-7-9-19(13)23-20-12-26(10-18(20)11-27(23)17(5)29)24(30)21-14(2)22(16(4)28)25-15(21)3/h6-9,18,20,23,25H,10-12H2,1-5H3/t18-,20-,23+/m1/s1. The van der Waals surface area contributed by atoms with E-state index in [0.717, 1.165) is 11.3 Å². The van der Waals surface area contributed by atoms with Crippen molar-refractivity contribution in [1.82, 2.24) is 14.8 Å². The van der Waals surface area contributed by atoms with Crippen LogP contribution in [0.1, 0.15) is 63.1 Å². The summed E-state index contributed by atoms with van der Waals surface area (Å²) in [5, 5.41) is 0. The van der Waals surface area contributed by atoms with Crippen molar-refractivity contribution in [3.05, 3.63) is 57.9 Å². The van der Waals surface area contributed by atoms with Gasteiger partial charge in [0.25, 0.3) is 5.91 Å². The Hall–Kier alpha value is -2.89. The number of hydrogen-bond acceptors (Lipinski definition) is 3. The van der Waals surface area contributed by atoms with Gasteiger partial charge in [-0.3, -0.25) is 14.4 Å². The van der Waals surface area contributed by atoms with Crippen molar-refractivity contribution in [3.63, 3.8) is 0 Å². The van der Waals surface area contributed by atoms with E-state index in [1.54, 1.807) is 6.92 Å². The summed E-state index contributed by atoms with van der Waals surface area (Å²) >= 11 is 0. The van der Waals surface area contributed by atoms with Crippen LogP contribution in [0.2, 0.25) is 0 Å². The molecule has 158 valence electrons. The number of amides is 2. The molecule has 6 heteroatoms. The summed E-state index contributed by atoms with van der Waals surface area (Å²) in [5.41, 5.74) is 4.92. The van der Waals surface area contributed by atoms with Crippen molar-refractivity contribution in [2.24, 2.45) is 11.8 Å². The highest BCUT2D eigenvalue weighted by atomic mass is 16.2. The Bertz CT molecular complexity index is 1040. The van der Waals surface area contributed by atoms with Crippen molar-refractivity contribution >= 4 is 17.6 Å². The summed E-state index contributed by atoms with van der Waals surface area (Å²) in [6, 6.07) is 8.20. The molecule has 0 unspecified atom stereocenters. The third kappa shape index (κ3) is 3.15. The molecule has 2 aromatic rings. The van der Waals surface area contributed by atoms with E-state index in [1.165, 1.54) is 18.1 Å². The first-order chi connectivity index (χ1) is 14.2. The number of ketones is 1. The number of carbonyl (C=O) groups excluding carboxylic acids is 3. The number of aryl methyl sites for hydroxylation is 2. The van der Waals surface area contributed by atoms with Crippen LogP contribution in [0.25, 0.3) is 0 Å². The van der Waals surface area contributed by atoms with E-state index >= 15 is 0 Å². The Morgan fingerprint density at radius 2 is 1.70 bits per heavy atom. The minimum Gasteiger partial charge on any atom is -0.355 e. The van der Waals surface area contributed by atoms with Crippen LogP contribution in [-0.2, 0) is 4.79 Å². The van der Waals surface area contributed by atoms with Gasteiger partial charge in [-0.05, 0) is 37.5 Å². The highest BCUT2D eigenvalue weighted by molar-refractivity contribution is 6.02. The van der Waals surface area contributed by atoms with Gasteiger partial charge in [0.1, 0.15) is 0 Å². The summed E-state index contributed by atoms with van der Waals surface area (Å²) in [6.07, 6.45) is 0. The molecule has 2 amide bonds. The Labute approximate surface area is 177 Å². The molecule has 6 nitrogen and oxygen atoms in total. The minimum atomic E-state index is -0.0651. The van der Waals surface area contributed by atoms with E-state index in [9.17, 15) is 14.4 Å². The first-order valence-electron chi connectivity index (χ1n) is 10.5. The summed E-state index contributed by atoms with van der Waals surface area (Å²) in [4.78, 5) is 44.6. The molecular weight excluding hydrogens is 378 g/mol. The number of likely N-dealkylation sites (tertiary alicyclic amines) is 2. The topological polar surface area (TPSA) is 73.5 Å². The van der Waals surface area contributed by atoms with E-state index in [-0.39, 0.29) is 35.5 Å². The van der Waals surface area contributed by atoms with Gasteiger partial charge in [0.05, 0.1) is 17.3 Å². The van der Waals surface area contributed by atoms with Gasteiger partial charge in [0.15, 0.2) is 5.78 Å². The minimum absolute atomic E-state index is 0.00676. The van der Waals surface area contributed by atoms with Crippen LogP contribution in [-0.4, -0.2) is 52.0 Å². The van der Waals surface area contributed by atoms with E-state index in [4.69, 9.17) is 0 Å². The maximum atomic E-state index is 13.4. The third-order valence-electron chi connectivity index (χ3n) is 6.87. The number of carbonyl (C=O) groups is 3. The van der Waals surface area contributed by atoms with Crippen LogP contribution in [0.4, 0.5) is 0 Å². The normalized spacial score (nSPS) is 23.0. The molecule has 2 aliphatic heterocycles.